The van der Waals surface area contributed by atoms with Crippen molar-refractivity contribution >= 4 is 0 Å². The largest absolute Gasteiger partial charge is 0.468 e. The Morgan fingerprint density at radius 2 is 1.62 bits per heavy atom. The van der Waals surface area contributed by atoms with E-state index in [-0.39, 0.29) is 18.8 Å². The molecule has 40 heavy (non-hydrogen) atoms. The van der Waals surface area contributed by atoms with E-state index in [1.807, 2.05) is 0 Å². The number of hydrogen-bond acceptors (Lipinski definition) is 8. The fourth-order valence-electron chi connectivity index (χ4n) is 7.86. The van der Waals surface area contributed by atoms with Crippen LogP contribution in [0.1, 0.15) is 68.9 Å². The van der Waals surface area contributed by atoms with Crippen LogP contribution in [0.15, 0.2) is 18.2 Å². The van der Waals surface area contributed by atoms with E-state index in [9.17, 15) is 0 Å². The average Bonchev–Trinajstić information content (AvgIpc) is 3.31. The van der Waals surface area contributed by atoms with Gasteiger partial charge in [0.05, 0.1) is 45.7 Å². The molecule has 0 aliphatic heterocycles. The Hall–Kier alpha value is -1.26. The lowest BCUT2D eigenvalue weighted by molar-refractivity contribution is -0.128. The summed E-state index contributed by atoms with van der Waals surface area (Å²) in [5.74, 6) is 3.55. The molecule has 0 saturated heterocycles. The van der Waals surface area contributed by atoms with Gasteiger partial charge in [-0.15, -0.1) is 0 Å². The van der Waals surface area contributed by atoms with Crippen LogP contribution in [0.5, 0.6) is 5.75 Å². The van der Waals surface area contributed by atoms with Crippen molar-refractivity contribution in [3.63, 3.8) is 0 Å². The second kappa shape index (κ2) is 16.4. The Morgan fingerprint density at radius 3 is 2.38 bits per heavy atom. The van der Waals surface area contributed by atoms with E-state index in [0.29, 0.717) is 69.6 Å². The van der Waals surface area contributed by atoms with Gasteiger partial charge in [-0.3, -0.25) is 0 Å². The van der Waals surface area contributed by atoms with E-state index >= 15 is 0 Å². The number of methoxy groups -OCH3 is 2. The third kappa shape index (κ3) is 7.97. The highest BCUT2D eigenvalue weighted by atomic mass is 16.7. The summed E-state index contributed by atoms with van der Waals surface area (Å²) in [6.45, 7) is 6.55. The minimum atomic E-state index is 0.0466. The molecule has 1 aromatic rings. The van der Waals surface area contributed by atoms with E-state index < -0.39 is 0 Å². The molecule has 2 fully saturated rings. The number of benzene rings is 1. The average molecular weight is 565 g/mol. The van der Waals surface area contributed by atoms with Gasteiger partial charge in [0, 0.05) is 20.8 Å². The van der Waals surface area contributed by atoms with Crippen LogP contribution < -0.4 is 4.74 Å². The Labute approximate surface area is 240 Å². The lowest BCUT2D eigenvalue weighted by atomic mass is 9.52. The molecule has 0 radical (unpaired) electrons. The minimum absolute atomic E-state index is 0.0466. The molecule has 0 spiro atoms. The first-order valence-corrected chi connectivity index (χ1v) is 15.3. The predicted octanol–water partition coefficient (Wildman–Crippen LogP) is 4.95. The van der Waals surface area contributed by atoms with E-state index in [1.54, 1.807) is 19.8 Å². The van der Waals surface area contributed by atoms with Crippen LogP contribution >= 0.6 is 0 Å². The SMILES string of the molecule is COCOc1ccc2c(c1)C[C@@H](CCCCOCCOCCOCCO)[C@@H]1[C@@H]2CC[C@]2(C)[C@@H](OCOC)CC[C@@H]12. The summed E-state index contributed by atoms with van der Waals surface area (Å²) >= 11 is 0. The number of aliphatic hydroxyl groups is 1. The first kappa shape index (κ1) is 31.7. The van der Waals surface area contributed by atoms with Gasteiger partial charge in [-0.1, -0.05) is 19.4 Å². The van der Waals surface area contributed by atoms with Crippen molar-refractivity contribution < 1.29 is 38.3 Å². The third-order valence-corrected chi connectivity index (χ3v) is 9.61. The summed E-state index contributed by atoms with van der Waals surface area (Å²) in [4.78, 5) is 0. The first-order valence-electron chi connectivity index (χ1n) is 15.3. The molecule has 6 atom stereocenters. The Balaban J connectivity index is 1.34. The summed E-state index contributed by atoms with van der Waals surface area (Å²) in [6.07, 6.45) is 9.70. The molecule has 8 nitrogen and oxygen atoms in total. The molecular formula is C32H52O8. The van der Waals surface area contributed by atoms with Crippen LogP contribution in [-0.2, 0) is 34.8 Å². The van der Waals surface area contributed by atoms with Crippen molar-refractivity contribution in [3.8, 4) is 5.75 Å². The fourth-order valence-corrected chi connectivity index (χ4v) is 7.86. The maximum absolute atomic E-state index is 8.72. The van der Waals surface area contributed by atoms with Crippen LogP contribution in [0.2, 0.25) is 0 Å². The van der Waals surface area contributed by atoms with Gasteiger partial charge in [0.1, 0.15) is 12.5 Å². The lowest BCUT2D eigenvalue weighted by Gasteiger charge is -2.53. The molecule has 0 bridgehead atoms. The number of fused-ring (bicyclic) bond motifs is 5. The van der Waals surface area contributed by atoms with Crippen LogP contribution in [0.25, 0.3) is 0 Å². The van der Waals surface area contributed by atoms with Gasteiger partial charge in [-0.25, -0.2) is 0 Å². The minimum Gasteiger partial charge on any atom is -0.468 e. The second-order valence-corrected chi connectivity index (χ2v) is 11.9. The molecule has 1 aromatic carbocycles. The molecule has 2 saturated carbocycles. The van der Waals surface area contributed by atoms with Crippen LogP contribution in [0.3, 0.4) is 0 Å². The summed E-state index contributed by atoms with van der Waals surface area (Å²) in [5, 5.41) is 8.72. The number of rotatable bonds is 19. The van der Waals surface area contributed by atoms with Crippen molar-refractivity contribution in [2.45, 2.75) is 70.3 Å². The Morgan fingerprint density at radius 1 is 0.875 bits per heavy atom. The summed E-state index contributed by atoms with van der Waals surface area (Å²) in [5.41, 5.74) is 3.23. The molecule has 3 aliphatic rings. The van der Waals surface area contributed by atoms with Gasteiger partial charge in [-0.05, 0) is 97.3 Å². The van der Waals surface area contributed by atoms with Gasteiger partial charge < -0.3 is 38.3 Å². The molecule has 3 aliphatic carbocycles. The number of unbranched alkanes of at least 4 members (excludes halogenated alkanes) is 1. The van der Waals surface area contributed by atoms with E-state index in [0.717, 1.165) is 31.6 Å². The number of ether oxygens (including phenoxy) is 7. The van der Waals surface area contributed by atoms with Gasteiger partial charge in [0.25, 0.3) is 0 Å². The lowest BCUT2D eigenvalue weighted by Crippen LogP contribution is -2.47. The molecule has 1 N–H and O–H groups in total. The van der Waals surface area contributed by atoms with Crippen molar-refractivity contribution in [1.82, 2.24) is 0 Å². The van der Waals surface area contributed by atoms with Crippen LogP contribution in [0, 0.1) is 23.2 Å². The smallest absolute Gasteiger partial charge is 0.188 e. The predicted molar refractivity (Wildman–Crippen MR) is 153 cm³/mol. The van der Waals surface area contributed by atoms with Crippen LogP contribution in [-0.4, -0.2) is 85.3 Å². The zero-order chi connectivity index (χ0) is 28.2. The maximum Gasteiger partial charge on any atom is 0.188 e. The molecule has 0 unspecified atom stereocenters. The molecule has 8 heteroatoms. The van der Waals surface area contributed by atoms with Crippen molar-refractivity contribution in [2.75, 3.05) is 74.1 Å². The highest BCUT2D eigenvalue weighted by Crippen LogP contribution is 2.63. The highest BCUT2D eigenvalue weighted by molar-refractivity contribution is 5.41. The van der Waals surface area contributed by atoms with Gasteiger partial charge >= 0.3 is 0 Å². The molecule has 228 valence electrons. The Kier molecular flexibility index (Phi) is 13.0. The molecule has 0 heterocycles. The van der Waals surface area contributed by atoms with Gasteiger partial charge in [-0.2, -0.15) is 0 Å². The summed E-state index contributed by atoms with van der Waals surface area (Å²) < 4.78 is 39.1. The van der Waals surface area contributed by atoms with Crippen molar-refractivity contribution in [2.24, 2.45) is 23.2 Å². The first-order chi connectivity index (χ1) is 19.6. The number of aliphatic hydroxyl groups excluding tert-OH is 1. The quantitative estimate of drug-likeness (QED) is 0.187. The highest BCUT2D eigenvalue weighted by Gasteiger charge is 2.57. The van der Waals surface area contributed by atoms with Crippen LogP contribution in [0.4, 0.5) is 0 Å². The van der Waals surface area contributed by atoms with E-state index in [4.69, 9.17) is 38.3 Å². The summed E-state index contributed by atoms with van der Waals surface area (Å²) in [6, 6.07) is 6.73. The van der Waals surface area contributed by atoms with E-state index in [2.05, 4.69) is 25.1 Å². The Bertz CT molecular complexity index is 865. The molecule has 4 rings (SSSR count). The van der Waals surface area contributed by atoms with Gasteiger partial charge in [0.2, 0.25) is 0 Å². The molecular weight excluding hydrogens is 512 g/mol. The van der Waals surface area contributed by atoms with Crippen molar-refractivity contribution in [3.05, 3.63) is 29.3 Å². The monoisotopic (exact) mass is 564 g/mol. The standard InChI is InChI=1S/C32H52O8/c1-32-12-11-28-27-8-7-26(39-22-34-2)21-25(27)20-24(31(28)29(32)9-10-30(32)40-23-35-3)6-4-5-14-36-16-18-38-19-17-37-15-13-33/h7-8,21,24,28-31,33H,4-6,9-20,22-23H2,1-3H3/t24-,28-,29+,30+,31-,32+/m1/s1. The molecule has 0 aromatic heterocycles. The summed E-state index contributed by atoms with van der Waals surface area (Å²) in [7, 11) is 3.38. The second-order valence-electron chi connectivity index (χ2n) is 11.9. The topological polar surface area (TPSA) is 84.8 Å². The maximum atomic E-state index is 8.72. The molecule has 0 amide bonds. The van der Waals surface area contributed by atoms with Crippen molar-refractivity contribution in [1.29, 1.82) is 0 Å². The number of hydrogen-bond donors (Lipinski definition) is 1. The normalized spacial score (nSPS) is 29.1. The van der Waals surface area contributed by atoms with Gasteiger partial charge in [0.15, 0.2) is 6.79 Å². The zero-order valence-electron chi connectivity index (χ0n) is 24.9. The fraction of sp³-hybridized carbons (Fsp3) is 0.812. The van der Waals surface area contributed by atoms with E-state index in [1.165, 1.54) is 37.7 Å². The third-order valence-electron chi connectivity index (χ3n) is 9.61. The zero-order valence-corrected chi connectivity index (χ0v) is 24.9.